The standard InChI is InChI=1S/C21H24N2O4/c24-20(17-7-5-16(6-8-17)19-4-2-12-27-19)23-9-1-3-18(15-23)21(25)22-10-13-26-14-11-22/h2,4-8,12,18H,1,3,9-11,13-15H2. The molecule has 2 aliphatic heterocycles. The number of ether oxygens (including phenoxy) is 1. The minimum atomic E-state index is -0.108. The predicted molar refractivity (Wildman–Crippen MR) is 100 cm³/mol. The number of hydrogen-bond acceptors (Lipinski definition) is 4. The Balaban J connectivity index is 1.41. The minimum absolute atomic E-state index is 0.0135. The number of piperidine rings is 1. The number of amides is 2. The molecule has 27 heavy (non-hydrogen) atoms. The highest BCUT2D eigenvalue weighted by Gasteiger charge is 2.32. The fourth-order valence-electron chi connectivity index (χ4n) is 3.81. The van der Waals surface area contributed by atoms with Crippen molar-refractivity contribution in [1.29, 1.82) is 0 Å². The van der Waals surface area contributed by atoms with Crippen LogP contribution in [0.4, 0.5) is 0 Å². The summed E-state index contributed by atoms with van der Waals surface area (Å²) in [4.78, 5) is 29.3. The molecule has 142 valence electrons. The molecule has 2 saturated heterocycles. The van der Waals surface area contributed by atoms with E-state index in [-0.39, 0.29) is 17.7 Å². The van der Waals surface area contributed by atoms with Gasteiger partial charge in [-0.05, 0) is 37.1 Å². The Bertz CT molecular complexity index is 779. The van der Waals surface area contributed by atoms with Crippen molar-refractivity contribution in [2.24, 2.45) is 5.92 Å². The third-order valence-electron chi connectivity index (χ3n) is 5.32. The Kier molecular flexibility index (Phi) is 5.25. The molecule has 1 unspecified atom stereocenters. The highest BCUT2D eigenvalue weighted by molar-refractivity contribution is 5.95. The number of carbonyl (C=O) groups excluding carboxylic acids is 2. The Labute approximate surface area is 158 Å². The normalized spacial score (nSPS) is 20.5. The first-order valence-electron chi connectivity index (χ1n) is 9.52. The monoisotopic (exact) mass is 368 g/mol. The maximum Gasteiger partial charge on any atom is 0.253 e. The van der Waals surface area contributed by atoms with E-state index in [1.807, 2.05) is 46.2 Å². The van der Waals surface area contributed by atoms with Crippen molar-refractivity contribution in [3.8, 4) is 11.3 Å². The molecule has 0 N–H and O–H groups in total. The van der Waals surface area contributed by atoms with E-state index >= 15 is 0 Å². The van der Waals surface area contributed by atoms with E-state index in [2.05, 4.69) is 0 Å². The Morgan fingerprint density at radius 3 is 2.44 bits per heavy atom. The van der Waals surface area contributed by atoms with E-state index in [1.54, 1.807) is 6.26 Å². The van der Waals surface area contributed by atoms with Crippen LogP contribution in [-0.4, -0.2) is 61.0 Å². The number of hydrogen-bond donors (Lipinski definition) is 0. The minimum Gasteiger partial charge on any atom is -0.464 e. The molecule has 1 aromatic carbocycles. The van der Waals surface area contributed by atoms with Crippen molar-refractivity contribution < 1.29 is 18.7 Å². The Hall–Kier alpha value is -2.60. The van der Waals surface area contributed by atoms with Crippen LogP contribution in [-0.2, 0) is 9.53 Å². The molecule has 2 amide bonds. The Morgan fingerprint density at radius 2 is 1.74 bits per heavy atom. The number of rotatable bonds is 3. The van der Waals surface area contributed by atoms with Gasteiger partial charge in [-0.2, -0.15) is 0 Å². The zero-order chi connectivity index (χ0) is 18.6. The molecule has 6 heteroatoms. The number of likely N-dealkylation sites (tertiary alicyclic amines) is 1. The van der Waals surface area contributed by atoms with Crippen LogP contribution in [0, 0.1) is 5.92 Å². The van der Waals surface area contributed by atoms with Crippen LogP contribution in [0.1, 0.15) is 23.2 Å². The van der Waals surface area contributed by atoms with Gasteiger partial charge >= 0.3 is 0 Å². The lowest BCUT2D eigenvalue weighted by Gasteiger charge is -2.36. The first-order chi connectivity index (χ1) is 13.2. The second kappa shape index (κ2) is 7.96. The molecule has 2 fully saturated rings. The topological polar surface area (TPSA) is 63.0 Å². The first kappa shape index (κ1) is 17.8. The fraction of sp³-hybridized carbons (Fsp3) is 0.429. The lowest BCUT2D eigenvalue weighted by molar-refractivity contribution is -0.141. The number of benzene rings is 1. The van der Waals surface area contributed by atoms with Crippen LogP contribution in [0.25, 0.3) is 11.3 Å². The largest absolute Gasteiger partial charge is 0.464 e. The molecule has 4 rings (SSSR count). The van der Waals surface area contributed by atoms with E-state index in [0.29, 0.717) is 45.0 Å². The summed E-state index contributed by atoms with van der Waals surface area (Å²) in [5.74, 6) is 0.816. The number of nitrogens with zero attached hydrogens (tertiary/aromatic N) is 2. The van der Waals surface area contributed by atoms with E-state index in [1.165, 1.54) is 0 Å². The molecule has 1 atom stereocenters. The van der Waals surface area contributed by atoms with Crippen molar-refractivity contribution in [1.82, 2.24) is 9.80 Å². The van der Waals surface area contributed by atoms with Crippen molar-refractivity contribution in [2.45, 2.75) is 12.8 Å². The molecule has 0 aliphatic carbocycles. The summed E-state index contributed by atoms with van der Waals surface area (Å²) in [7, 11) is 0. The van der Waals surface area contributed by atoms with Crippen LogP contribution in [0.3, 0.4) is 0 Å². The van der Waals surface area contributed by atoms with Gasteiger partial charge in [0, 0.05) is 37.3 Å². The smallest absolute Gasteiger partial charge is 0.253 e. The quantitative estimate of drug-likeness (QED) is 0.836. The first-order valence-corrected chi connectivity index (χ1v) is 9.52. The average Bonchev–Trinajstić information content (AvgIpc) is 3.28. The second-order valence-electron chi connectivity index (χ2n) is 7.08. The number of morpholine rings is 1. The highest BCUT2D eigenvalue weighted by Crippen LogP contribution is 2.23. The summed E-state index contributed by atoms with van der Waals surface area (Å²) in [5.41, 5.74) is 1.58. The van der Waals surface area contributed by atoms with Gasteiger partial charge in [0.1, 0.15) is 5.76 Å². The van der Waals surface area contributed by atoms with Gasteiger partial charge in [0.25, 0.3) is 5.91 Å². The molecule has 0 bridgehead atoms. The predicted octanol–water partition coefficient (Wildman–Crippen LogP) is 2.66. The summed E-state index contributed by atoms with van der Waals surface area (Å²) in [5, 5.41) is 0. The third-order valence-corrected chi connectivity index (χ3v) is 5.32. The zero-order valence-electron chi connectivity index (χ0n) is 15.3. The molecular weight excluding hydrogens is 344 g/mol. The molecule has 3 heterocycles. The zero-order valence-corrected chi connectivity index (χ0v) is 15.3. The number of furan rings is 1. The fourth-order valence-corrected chi connectivity index (χ4v) is 3.81. The summed E-state index contributed by atoms with van der Waals surface area (Å²) >= 11 is 0. The van der Waals surface area contributed by atoms with E-state index < -0.39 is 0 Å². The van der Waals surface area contributed by atoms with Gasteiger partial charge in [0.05, 0.1) is 25.4 Å². The van der Waals surface area contributed by atoms with Gasteiger partial charge in [-0.15, -0.1) is 0 Å². The lowest BCUT2D eigenvalue weighted by Crippen LogP contribution is -2.49. The molecule has 0 radical (unpaired) electrons. The van der Waals surface area contributed by atoms with Crippen molar-refractivity contribution in [3.63, 3.8) is 0 Å². The summed E-state index contributed by atoms with van der Waals surface area (Å²) < 4.78 is 10.7. The van der Waals surface area contributed by atoms with Crippen molar-refractivity contribution in [3.05, 3.63) is 48.2 Å². The van der Waals surface area contributed by atoms with E-state index in [4.69, 9.17) is 9.15 Å². The van der Waals surface area contributed by atoms with Crippen LogP contribution < -0.4 is 0 Å². The summed E-state index contributed by atoms with van der Waals surface area (Å²) in [6.07, 6.45) is 3.34. The lowest BCUT2D eigenvalue weighted by atomic mass is 9.95. The van der Waals surface area contributed by atoms with Gasteiger partial charge in [0.2, 0.25) is 5.91 Å². The molecule has 0 spiro atoms. The summed E-state index contributed by atoms with van der Waals surface area (Å²) in [6, 6.07) is 11.2. The molecular formula is C21H24N2O4. The Morgan fingerprint density at radius 1 is 0.963 bits per heavy atom. The van der Waals surface area contributed by atoms with Crippen LogP contribution in [0.15, 0.2) is 47.1 Å². The molecule has 2 aliphatic rings. The maximum atomic E-state index is 12.9. The molecule has 6 nitrogen and oxygen atoms in total. The van der Waals surface area contributed by atoms with Crippen molar-refractivity contribution >= 4 is 11.8 Å². The van der Waals surface area contributed by atoms with Crippen LogP contribution >= 0.6 is 0 Å². The van der Waals surface area contributed by atoms with Gasteiger partial charge in [-0.25, -0.2) is 0 Å². The van der Waals surface area contributed by atoms with E-state index in [9.17, 15) is 9.59 Å². The third kappa shape index (κ3) is 3.90. The molecule has 0 saturated carbocycles. The maximum absolute atomic E-state index is 12.9. The average molecular weight is 368 g/mol. The SMILES string of the molecule is O=C(c1ccc(-c2ccco2)cc1)N1CCCC(C(=O)N2CCOCC2)C1. The van der Waals surface area contributed by atoms with Crippen LogP contribution in [0.5, 0.6) is 0 Å². The number of carbonyl (C=O) groups is 2. The summed E-state index contributed by atoms with van der Waals surface area (Å²) in [6.45, 7) is 3.70. The van der Waals surface area contributed by atoms with Crippen molar-refractivity contribution in [2.75, 3.05) is 39.4 Å². The van der Waals surface area contributed by atoms with Gasteiger partial charge in [-0.3, -0.25) is 9.59 Å². The van der Waals surface area contributed by atoms with Gasteiger partial charge in [-0.1, -0.05) is 12.1 Å². The van der Waals surface area contributed by atoms with Gasteiger partial charge < -0.3 is 19.0 Å². The van der Waals surface area contributed by atoms with Crippen LogP contribution in [0.2, 0.25) is 0 Å². The molecule has 1 aromatic heterocycles. The second-order valence-corrected chi connectivity index (χ2v) is 7.08. The molecule has 2 aromatic rings. The van der Waals surface area contributed by atoms with E-state index in [0.717, 1.165) is 24.2 Å². The van der Waals surface area contributed by atoms with Gasteiger partial charge in [0.15, 0.2) is 0 Å². The highest BCUT2D eigenvalue weighted by atomic mass is 16.5.